The van der Waals surface area contributed by atoms with Crippen molar-refractivity contribution < 1.29 is 19.1 Å². The standard InChI is InChI=1S/C21H18N4O4S/c1-12-3-2-4-13(9-12)25-19(26)6-5-14(24-25)20(27)23-21-22-15-10-16-17(11-18(15)30-21)29-8-7-28-16/h2-4,9-11H,5-8H2,1H3,(H,22,23,27). The zero-order valence-corrected chi connectivity index (χ0v) is 17.0. The van der Waals surface area contributed by atoms with E-state index >= 15 is 0 Å². The highest BCUT2D eigenvalue weighted by atomic mass is 32.1. The lowest BCUT2D eigenvalue weighted by atomic mass is 10.1. The molecule has 2 aromatic carbocycles. The van der Waals surface area contributed by atoms with Gasteiger partial charge in [0.05, 0.1) is 15.9 Å². The van der Waals surface area contributed by atoms with Crippen molar-refractivity contribution in [2.24, 2.45) is 5.10 Å². The third-order valence-electron chi connectivity index (χ3n) is 4.81. The molecule has 0 fully saturated rings. The van der Waals surface area contributed by atoms with Crippen LogP contribution < -0.4 is 19.8 Å². The maximum absolute atomic E-state index is 12.8. The minimum atomic E-state index is -0.364. The van der Waals surface area contributed by atoms with Gasteiger partial charge in [0.25, 0.3) is 5.91 Å². The van der Waals surface area contributed by atoms with E-state index in [0.717, 1.165) is 15.8 Å². The number of aromatic nitrogens is 1. The number of nitrogens with zero attached hydrogens (tertiary/aromatic N) is 3. The van der Waals surface area contributed by atoms with E-state index in [0.29, 0.717) is 41.2 Å². The van der Waals surface area contributed by atoms with E-state index in [1.165, 1.54) is 16.3 Å². The smallest absolute Gasteiger partial charge is 0.273 e. The summed E-state index contributed by atoms with van der Waals surface area (Å²) in [5, 5.41) is 8.88. The third kappa shape index (κ3) is 3.48. The largest absolute Gasteiger partial charge is 0.486 e. The summed E-state index contributed by atoms with van der Waals surface area (Å²) in [5.41, 5.74) is 2.68. The van der Waals surface area contributed by atoms with E-state index in [1.54, 1.807) is 6.07 Å². The average molecular weight is 422 g/mol. The molecule has 8 nitrogen and oxygen atoms in total. The molecule has 0 unspecified atom stereocenters. The minimum Gasteiger partial charge on any atom is -0.486 e. The molecule has 0 saturated carbocycles. The fourth-order valence-electron chi connectivity index (χ4n) is 3.37. The predicted octanol–water partition coefficient (Wildman–Crippen LogP) is 3.50. The zero-order chi connectivity index (χ0) is 20.7. The van der Waals surface area contributed by atoms with E-state index in [9.17, 15) is 9.59 Å². The molecule has 9 heteroatoms. The van der Waals surface area contributed by atoms with Crippen molar-refractivity contribution in [3.63, 3.8) is 0 Å². The van der Waals surface area contributed by atoms with Gasteiger partial charge in [0.1, 0.15) is 18.9 Å². The maximum Gasteiger partial charge on any atom is 0.273 e. The number of carbonyl (C=O) groups is 2. The first-order valence-electron chi connectivity index (χ1n) is 9.55. The van der Waals surface area contributed by atoms with Crippen molar-refractivity contribution in [1.29, 1.82) is 0 Å². The quantitative estimate of drug-likeness (QED) is 0.697. The maximum atomic E-state index is 12.8. The lowest BCUT2D eigenvalue weighted by molar-refractivity contribution is -0.118. The highest BCUT2D eigenvalue weighted by molar-refractivity contribution is 7.22. The normalized spacial score (nSPS) is 15.8. The van der Waals surface area contributed by atoms with Crippen LogP contribution in [0.25, 0.3) is 10.2 Å². The summed E-state index contributed by atoms with van der Waals surface area (Å²) < 4.78 is 12.1. The number of hydrogen-bond donors (Lipinski definition) is 1. The number of amides is 2. The number of rotatable bonds is 3. The van der Waals surface area contributed by atoms with Crippen molar-refractivity contribution in [2.75, 3.05) is 23.5 Å². The summed E-state index contributed by atoms with van der Waals surface area (Å²) in [7, 11) is 0. The fourth-order valence-corrected chi connectivity index (χ4v) is 4.24. The molecule has 0 aliphatic carbocycles. The van der Waals surface area contributed by atoms with Crippen LogP contribution in [0.3, 0.4) is 0 Å². The Morgan fingerprint density at radius 1 is 1.13 bits per heavy atom. The topological polar surface area (TPSA) is 93.1 Å². The Labute approximate surface area is 176 Å². The number of hydrazone groups is 1. The van der Waals surface area contributed by atoms with E-state index in [-0.39, 0.29) is 24.7 Å². The van der Waals surface area contributed by atoms with Crippen LogP contribution in [0.5, 0.6) is 11.5 Å². The second-order valence-electron chi connectivity index (χ2n) is 7.03. The average Bonchev–Trinajstić information content (AvgIpc) is 3.13. The monoisotopic (exact) mass is 422 g/mol. The number of benzene rings is 2. The highest BCUT2D eigenvalue weighted by Crippen LogP contribution is 2.37. The van der Waals surface area contributed by atoms with Gasteiger partial charge in [0.15, 0.2) is 16.6 Å². The summed E-state index contributed by atoms with van der Waals surface area (Å²) in [6.07, 6.45) is 0.509. The van der Waals surface area contributed by atoms with Gasteiger partial charge in [0, 0.05) is 25.0 Å². The minimum absolute atomic E-state index is 0.136. The SMILES string of the molecule is Cc1cccc(N2N=C(C(=O)Nc3nc4cc5c(cc4s3)OCCO5)CCC2=O)c1. The molecule has 2 aliphatic heterocycles. The van der Waals surface area contributed by atoms with Crippen LogP contribution in [0.1, 0.15) is 18.4 Å². The molecule has 0 atom stereocenters. The van der Waals surface area contributed by atoms with Gasteiger partial charge < -0.3 is 9.47 Å². The molecule has 2 aliphatic rings. The van der Waals surface area contributed by atoms with Crippen LogP contribution in [0.4, 0.5) is 10.8 Å². The van der Waals surface area contributed by atoms with Gasteiger partial charge in [-0.1, -0.05) is 23.5 Å². The first-order chi connectivity index (χ1) is 14.6. The molecule has 152 valence electrons. The van der Waals surface area contributed by atoms with Crippen molar-refractivity contribution >= 4 is 49.9 Å². The first kappa shape index (κ1) is 18.6. The van der Waals surface area contributed by atoms with Gasteiger partial charge >= 0.3 is 0 Å². The fraction of sp³-hybridized carbons (Fsp3) is 0.238. The number of fused-ring (bicyclic) bond motifs is 2. The predicted molar refractivity (Wildman–Crippen MR) is 115 cm³/mol. The molecule has 3 heterocycles. The Kier molecular flexibility index (Phi) is 4.59. The number of thiazole rings is 1. The number of ether oxygens (including phenoxy) is 2. The van der Waals surface area contributed by atoms with Crippen molar-refractivity contribution in [2.45, 2.75) is 19.8 Å². The molecule has 30 heavy (non-hydrogen) atoms. The molecular weight excluding hydrogens is 404 g/mol. The van der Waals surface area contributed by atoms with Crippen LogP contribution in [0.15, 0.2) is 41.5 Å². The van der Waals surface area contributed by atoms with E-state index in [2.05, 4.69) is 15.4 Å². The van der Waals surface area contributed by atoms with Gasteiger partial charge in [-0.2, -0.15) is 5.10 Å². The Balaban J connectivity index is 1.39. The van der Waals surface area contributed by atoms with Crippen molar-refractivity contribution in [1.82, 2.24) is 4.98 Å². The lowest BCUT2D eigenvalue weighted by Gasteiger charge is -2.23. The first-order valence-corrected chi connectivity index (χ1v) is 10.4. The number of carbonyl (C=O) groups excluding carboxylic acids is 2. The van der Waals surface area contributed by atoms with E-state index in [1.807, 2.05) is 37.3 Å². The van der Waals surface area contributed by atoms with Crippen LogP contribution in [0, 0.1) is 6.92 Å². The number of anilines is 2. The van der Waals surface area contributed by atoms with Crippen LogP contribution in [-0.2, 0) is 9.59 Å². The molecule has 2 amide bonds. The Morgan fingerprint density at radius 3 is 2.73 bits per heavy atom. The molecule has 1 aromatic heterocycles. The zero-order valence-electron chi connectivity index (χ0n) is 16.2. The number of nitrogens with one attached hydrogen (secondary N) is 1. The van der Waals surface area contributed by atoms with Crippen LogP contribution in [0.2, 0.25) is 0 Å². The number of aryl methyl sites for hydroxylation is 1. The molecule has 0 radical (unpaired) electrons. The van der Waals surface area contributed by atoms with E-state index in [4.69, 9.17) is 9.47 Å². The Hall–Kier alpha value is -3.46. The summed E-state index contributed by atoms with van der Waals surface area (Å²) in [6, 6.07) is 11.1. The Bertz CT molecular complexity index is 1160. The summed E-state index contributed by atoms with van der Waals surface area (Å²) in [6.45, 7) is 2.95. The van der Waals surface area contributed by atoms with Crippen LogP contribution >= 0.6 is 11.3 Å². The Morgan fingerprint density at radius 2 is 1.93 bits per heavy atom. The van der Waals surface area contributed by atoms with Crippen molar-refractivity contribution in [3.8, 4) is 11.5 Å². The van der Waals surface area contributed by atoms with Gasteiger partial charge in [-0.3, -0.25) is 14.9 Å². The summed E-state index contributed by atoms with van der Waals surface area (Å²) in [5.74, 6) is 0.833. The van der Waals surface area contributed by atoms with E-state index < -0.39 is 0 Å². The molecule has 3 aromatic rings. The van der Waals surface area contributed by atoms with Gasteiger partial charge in [-0.05, 0) is 24.6 Å². The molecule has 0 spiro atoms. The second kappa shape index (κ2) is 7.42. The molecular formula is C21H18N4O4S. The van der Waals surface area contributed by atoms with Gasteiger partial charge in [-0.15, -0.1) is 0 Å². The molecule has 5 rings (SSSR count). The summed E-state index contributed by atoms with van der Waals surface area (Å²) >= 11 is 1.35. The van der Waals surface area contributed by atoms with Gasteiger partial charge in [-0.25, -0.2) is 9.99 Å². The molecule has 1 N–H and O–H groups in total. The third-order valence-corrected chi connectivity index (χ3v) is 5.75. The molecule has 0 saturated heterocycles. The highest BCUT2D eigenvalue weighted by Gasteiger charge is 2.26. The van der Waals surface area contributed by atoms with Crippen molar-refractivity contribution in [3.05, 3.63) is 42.0 Å². The van der Waals surface area contributed by atoms with Crippen LogP contribution in [-0.4, -0.2) is 35.7 Å². The summed E-state index contributed by atoms with van der Waals surface area (Å²) in [4.78, 5) is 29.6. The molecule has 0 bridgehead atoms. The van der Waals surface area contributed by atoms with Gasteiger partial charge in [0.2, 0.25) is 5.91 Å². The lowest BCUT2D eigenvalue weighted by Crippen LogP contribution is -2.36. The second-order valence-corrected chi connectivity index (χ2v) is 8.06. The number of hydrogen-bond acceptors (Lipinski definition) is 7.